The Bertz CT molecular complexity index is 250. The Hall–Kier alpha value is -1.37. The van der Waals surface area contributed by atoms with E-state index in [1.54, 1.807) is 0 Å². The van der Waals surface area contributed by atoms with Gasteiger partial charge in [0, 0.05) is 6.54 Å². The number of nitrogens with one attached hydrogen (secondary N) is 1. The van der Waals surface area contributed by atoms with E-state index in [-0.39, 0.29) is 12.0 Å². The second kappa shape index (κ2) is 6.26. The molecule has 0 bridgehead atoms. The van der Waals surface area contributed by atoms with Gasteiger partial charge in [0.1, 0.15) is 12.7 Å². The molecule has 1 fully saturated rings. The maximum Gasteiger partial charge on any atom is 0.294 e. The molecule has 0 aromatic heterocycles. The molecule has 1 saturated carbocycles. The first-order chi connectivity index (χ1) is 7.61. The van der Waals surface area contributed by atoms with Crippen LogP contribution in [0.4, 0.5) is 0 Å². The standard InChI is InChI=1S/C9H16N2O5/c12-6-9(13)10-5-7-1-3-8(4-2-7)16-11(14)15/h7-8,12H,1-6H2,(H,10,13). The van der Waals surface area contributed by atoms with Crippen LogP contribution in [0.5, 0.6) is 0 Å². The minimum Gasteiger partial charge on any atom is -0.387 e. The molecule has 7 heteroatoms. The van der Waals surface area contributed by atoms with Crippen LogP contribution < -0.4 is 5.32 Å². The van der Waals surface area contributed by atoms with Crippen LogP contribution in [-0.4, -0.2) is 35.4 Å². The van der Waals surface area contributed by atoms with Gasteiger partial charge in [-0.1, -0.05) is 0 Å². The molecule has 1 aliphatic rings. The molecule has 0 aromatic carbocycles. The Morgan fingerprint density at radius 2 is 2.06 bits per heavy atom. The fraction of sp³-hybridized carbons (Fsp3) is 0.889. The zero-order valence-electron chi connectivity index (χ0n) is 8.92. The van der Waals surface area contributed by atoms with E-state index in [9.17, 15) is 14.9 Å². The molecule has 1 aliphatic carbocycles. The zero-order valence-corrected chi connectivity index (χ0v) is 8.92. The first-order valence-corrected chi connectivity index (χ1v) is 5.30. The van der Waals surface area contributed by atoms with Crippen LogP contribution in [0.25, 0.3) is 0 Å². The molecular weight excluding hydrogens is 216 g/mol. The largest absolute Gasteiger partial charge is 0.387 e. The highest BCUT2D eigenvalue weighted by Crippen LogP contribution is 2.25. The van der Waals surface area contributed by atoms with E-state index in [1.165, 1.54) is 0 Å². The summed E-state index contributed by atoms with van der Waals surface area (Å²) in [6, 6.07) is 0. The van der Waals surface area contributed by atoms with Gasteiger partial charge in [0.05, 0.1) is 0 Å². The third kappa shape index (κ3) is 4.43. The van der Waals surface area contributed by atoms with E-state index in [1.807, 2.05) is 0 Å². The molecule has 0 spiro atoms. The normalized spacial score (nSPS) is 24.8. The molecule has 1 rings (SSSR count). The number of carbonyl (C=O) groups is 1. The van der Waals surface area contributed by atoms with E-state index >= 15 is 0 Å². The molecule has 0 atom stereocenters. The second-order valence-corrected chi connectivity index (χ2v) is 3.93. The fourth-order valence-electron chi connectivity index (χ4n) is 1.88. The summed E-state index contributed by atoms with van der Waals surface area (Å²) in [7, 11) is 0. The summed E-state index contributed by atoms with van der Waals surface area (Å²) >= 11 is 0. The third-order valence-electron chi connectivity index (χ3n) is 2.76. The lowest BCUT2D eigenvalue weighted by molar-refractivity contribution is -0.769. The highest BCUT2D eigenvalue weighted by molar-refractivity contribution is 5.76. The average molecular weight is 232 g/mol. The van der Waals surface area contributed by atoms with Crippen molar-refractivity contribution in [3.8, 4) is 0 Å². The van der Waals surface area contributed by atoms with Crippen molar-refractivity contribution >= 4 is 5.91 Å². The number of amides is 1. The monoisotopic (exact) mass is 232 g/mol. The zero-order chi connectivity index (χ0) is 12.0. The molecule has 0 aromatic rings. The number of rotatable bonds is 5. The van der Waals surface area contributed by atoms with Gasteiger partial charge >= 0.3 is 0 Å². The van der Waals surface area contributed by atoms with Crippen LogP contribution in [0.3, 0.4) is 0 Å². The molecule has 92 valence electrons. The maximum atomic E-state index is 10.8. The fourth-order valence-corrected chi connectivity index (χ4v) is 1.88. The van der Waals surface area contributed by atoms with Crippen molar-refractivity contribution in [1.82, 2.24) is 5.32 Å². The van der Waals surface area contributed by atoms with E-state index < -0.39 is 11.7 Å². The molecular formula is C9H16N2O5. The van der Waals surface area contributed by atoms with Crippen molar-refractivity contribution in [2.24, 2.45) is 5.92 Å². The highest BCUT2D eigenvalue weighted by atomic mass is 17.0. The van der Waals surface area contributed by atoms with Gasteiger partial charge < -0.3 is 15.3 Å². The number of carbonyl (C=O) groups excluding carboxylic acids is 1. The van der Waals surface area contributed by atoms with Crippen LogP contribution in [0.15, 0.2) is 0 Å². The highest BCUT2D eigenvalue weighted by Gasteiger charge is 2.23. The molecule has 0 aliphatic heterocycles. The minimum atomic E-state index is -0.751. The van der Waals surface area contributed by atoms with E-state index in [4.69, 9.17) is 5.11 Å². The molecule has 0 saturated heterocycles. The number of nitrogens with zero attached hydrogens (tertiary/aromatic N) is 1. The van der Waals surface area contributed by atoms with Crippen molar-refractivity contribution in [3.05, 3.63) is 10.1 Å². The Labute approximate surface area is 92.9 Å². The Kier molecular flexibility index (Phi) is 4.97. The summed E-state index contributed by atoms with van der Waals surface area (Å²) < 4.78 is 0. The van der Waals surface area contributed by atoms with Gasteiger partial charge in [0.15, 0.2) is 0 Å². The smallest absolute Gasteiger partial charge is 0.294 e. The quantitative estimate of drug-likeness (QED) is 0.507. The van der Waals surface area contributed by atoms with Gasteiger partial charge in [-0.05, 0) is 31.6 Å². The lowest BCUT2D eigenvalue weighted by atomic mass is 9.87. The first-order valence-electron chi connectivity index (χ1n) is 5.30. The van der Waals surface area contributed by atoms with Gasteiger partial charge in [-0.2, -0.15) is 0 Å². The predicted octanol–water partition coefficient (Wildman–Crippen LogP) is -0.138. The number of aliphatic hydroxyl groups is 1. The maximum absolute atomic E-state index is 10.8. The van der Waals surface area contributed by atoms with Crippen molar-refractivity contribution in [2.45, 2.75) is 31.8 Å². The molecule has 0 radical (unpaired) electrons. The number of hydrogen-bond acceptors (Lipinski definition) is 5. The molecule has 0 unspecified atom stereocenters. The Balaban J connectivity index is 2.16. The topological polar surface area (TPSA) is 102 Å². The molecule has 2 N–H and O–H groups in total. The van der Waals surface area contributed by atoms with Crippen LogP contribution in [0.1, 0.15) is 25.7 Å². The SMILES string of the molecule is O=C(CO)NCC1CCC(O[N+](=O)[O-])CC1. The van der Waals surface area contributed by atoms with Crippen molar-refractivity contribution in [1.29, 1.82) is 0 Å². The van der Waals surface area contributed by atoms with Crippen molar-refractivity contribution in [2.75, 3.05) is 13.2 Å². The van der Waals surface area contributed by atoms with Gasteiger partial charge in [-0.25, -0.2) is 0 Å². The van der Waals surface area contributed by atoms with Gasteiger partial charge in [0.2, 0.25) is 5.91 Å². The van der Waals surface area contributed by atoms with Crippen LogP contribution in [0.2, 0.25) is 0 Å². The van der Waals surface area contributed by atoms with Crippen LogP contribution in [-0.2, 0) is 9.63 Å². The number of aliphatic hydroxyl groups excluding tert-OH is 1. The van der Waals surface area contributed by atoms with E-state index in [2.05, 4.69) is 10.2 Å². The number of hydrogen-bond donors (Lipinski definition) is 2. The minimum absolute atomic E-state index is 0.306. The summed E-state index contributed by atoms with van der Waals surface area (Å²) in [5.74, 6) is -0.0641. The van der Waals surface area contributed by atoms with Crippen molar-refractivity contribution < 1.29 is 19.8 Å². The van der Waals surface area contributed by atoms with Gasteiger partial charge in [-0.15, -0.1) is 10.1 Å². The summed E-state index contributed by atoms with van der Waals surface area (Å²) in [5, 5.41) is 20.4. The lowest BCUT2D eigenvalue weighted by Gasteiger charge is -2.26. The van der Waals surface area contributed by atoms with E-state index in [0.29, 0.717) is 25.3 Å². The Morgan fingerprint density at radius 3 is 2.56 bits per heavy atom. The first kappa shape index (κ1) is 12.7. The van der Waals surface area contributed by atoms with Gasteiger partial charge in [-0.3, -0.25) is 4.79 Å². The average Bonchev–Trinajstić information content (AvgIpc) is 2.27. The lowest BCUT2D eigenvalue weighted by Crippen LogP contribution is -2.34. The second-order valence-electron chi connectivity index (χ2n) is 3.93. The van der Waals surface area contributed by atoms with Crippen molar-refractivity contribution in [3.63, 3.8) is 0 Å². The Morgan fingerprint density at radius 1 is 1.44 bits per heavy atom. The summed E-state index contributed by atoms with van der Waals surface area (Å²) in [6.45, 7) is 0.0182. The summed E-state index contributed by atoms with van der Waals surface area (Å²) in [5.41, 5.74) is 0. The van der Waals surface area contributed by atoms with Crippen LogP contribution in [0, 0.1) is 16.0 Å². The predicted molar refractivity (Wildman–Crippen MR) is 53.9 cm³/mol. The third-order valence-corrected chi connectivity index (χ3v) is 2.76. The van der Waals surface area contributed by atoms with Gasteiger partial charge in [0.25, 0.3) is 5.09 Å². The van der Waals surface area contributed by atoms with E-state index in [0.717, 1.165) is 12.8 Å². The molecule has 1 amide bonds. The molecule has 0 heterocycles. The molecule has 16 heavy (non-hydrogen) atoms. The van der Waals surface area contributed by atoms with Crippen LogP contribution >= 0.6 is 0 Å². The summed E-state index contributed by atoms with van der Waals surface area (Å²) in [6.07, 6.45) is 2.57. The summed E-state index contributed by atoms with van der Waals surface area (Å²) in [4.78, 5) is 25.4. The molecule has 7 nitrogen and oxygen atoms in total.